The summed E-state index contributed by atoms with van der Waals surface area (Å²) in [5.74, 6) is -0.196. The highest BCUT2D eigenvalue weighted by atomic mass is 32.1. The molecule has 0 aliphatic heterocycles. The van der Waals surface area contributed by atoms with Crippen molar-refractivity contribution in [2.45, 2.75) is 13.8 Å². The fourth-order valence-corrected chi connectivity index (χ4v) is 1.15. The molecule has 0 unspecified atom stereocenters. The topological polar surface area (TPSA) is 34.1 Å². The third kappa shape index (κ3) is 2.04. The lowest BCUT2D eigenvalue weighted by molar-refractivity contribution is -0.116. The molecule has 0 heterocycles. The van der Waals surface area contributed by atoms with Gasteiger partial charge in [0, 0.05) is 5.56 Å². The molecule has 1 aromatic carbocycles. The van der Waals surface area contributed by atoms with E-state index >= 15 is 0 Å². The van der Waals surface area contributed by atoms with Crippen molar-refractivity contribution in [3.63, 3.8) is 0 Å². The first-order chi connectivity index (χ1) is 6.46. The average Bonchev–Trinajstić information content (AvgIpc) is 2.17. The Morgan fingerprint density at radius 3 is 2.07 bits per heavy atom. The second-order valence-electron chi connectivity index (χ2n) is 3.63. The van der Waals surface area contributed by atoms with Crippen molar-refractivity contribution in [1.29, 1.82) is 0 Å². The number of carbonyl (C=O) groups is 2. The smallest absolute Gasteiger partial charge is 0.199 e. The van der Waals surface area contributed by atoms with Crippen molar-refractivity contribution in [3.8, 4) is 0 Å². The molecule has 0 saturated carbocycles. The van der Waals surface area contributed by atoms with Gasteiger partial charge in [-0.15, -0.1) is 12.6 Å². The Morgan fingerprint density at radius 2 is 1.64 bits per heavy atom. The van der Waals surface area contributed by atoms with Gasteiger partial charge < -0.3 is 0 Å². The summed E-state index contributed by atoms with van der Waals surface area (Å²) in [5.41, 5.74) is -0.510. The Bertz CT molecular complexity index is 355. The third-order valence-electron chi connectivity index (χ3n) is 2.14. The minimum absolute atomic E-state index is 0.196. The lowest BCUT2D eigenvalue weighted by Crippen LogP contribution is -2.30. The van der Waals surface area contributed by atoms with Gasteiger partial charge in [-0.05, 0) is 13.8 Å². The van der Waals surface area contributed by atoms with Crippen LogP contribution in [0.1, 0.15) is 24.2 Å². The SMILES string of the molecule is CC(C)(C(=O)S)C(=O)c1ccccc1. The van der Waals surface area contributed by atoms with Crippen LogP contribution in [0.2, 0.25) is 0 Å². The van der Waals surface area contributed by atoms with Crippen molar-refractivity contribution in [3.05, 3.63) is 35.9 Å². The summed E-state index contributed by atoms with van der Waals surface area (Å²) in [5, 5.41) is -0.411. The standard InChI is InChI=1S/C11H12O2S/c1-11(2,10(13)14)9(12)8-6-4-3-5-7-8/h3-7H,1-2H3,(H,13,14). The Balaban J connectivity index is 3.03. The van der Waals surface area contributed by atoms with Gasteiger partial charge in [0.05, 0.1) is 5.41 Å². The summed E-state index contributed by atoms with van der Waals surface area (Å²) >= 11 is 3.71. The quantitative estimate of drug-likeness (QED) is 0.470. The molecule has 0 N–H and O–H groups in total. The van der Waals surface area contributed by atoms with E-state index in [9.17, 15) is 9.59 Å². The predicted octanol–water partition coefficient (Wildman–Crippen LogP) is 2.35. The van der Waals surface area contributed by atoms with Gasteiger partial charge in [-0.1, -0.05) is 30.3 Å². The molecule has 1 aromatic rings. The van der Waals surface area contributed by atoms with Gasteiger partial charge in [0.15, 0.2) is 10.9 Å². The zero-order valence-corrected chi connectivity index (χ0v) is 9.04. The fourth-order valence-electron chi connectivity index (χ4n) is 1.05. The number of Topliss-reactive ketones (excluding diaryl/α,β-unsaturated/α-hetero) is 1. The molecule has 2 nitrogen and oxygen atoms in total. The van der Waals surface area contributed by atoms with E-state index in [0.29, 0.717) is 5.56 Å². The van der Waals surface area contributed by atoms with Crippen LogP contribution in [-0.2, 0) is 4.79 Å². The van der Waals surface area contributed by atoms with Crippen molar-refractivity contribution < 1.29 is 9.59 Å². The monoisotopic (exact) mass is 208 g/mol. The van der Waals surface area contributed by atoms with Crippen LogP contribution >= 0.6 is 12.6 Å². The number of carbonyl (C=O) groups excluding carboxylic acids is 2. The van der Waals surface area contributed by atoms with Crippen LogP contribution in [0.25, 0.3) is 0 Å². The van der Waals surface area contributed by atoms with Crippen molar-refractivity contribution in [2.75, 3.05) is 0 Å². The summed E-state index contributed by atoms with van der Waals surface area (Å²) in [4.78, 5) is 23.0. The Kier molecular flexibility index (Phi) is 3.11. The number of thiol groups is 1. The maximum Gasteiger partial charge on any atom is 0.199 e. The highest BCUT2D eigenvalue weighted by molar-refractivity contribution is 7.96. The van der Waals surface area contributed by atoms with E-state index in [1.165, 1.54) is 0 Å². The molecular weight excluding hydrogens is 196 g/mol. The Labute approximate surface area is 88.7 Å². The average molecular weight is 208 g/mol. The highest BCUT2D eigenvalue weighted by Crippen LogP contribution is 2.24. The molecular formula is C11H12O2S. The number of hydrogen-bond acceptors (Lipinski definition) is 2. The van der Waals surface area contributed by atoms with Crippen LogP contribution in [0, 0.1) is 5.41 Å². The van der Waals surface area contributed by atoms with Crippen molar-refractivity contribution >= 4 is 23.5 Å². The zero-order chi connectivity index (χ0) is 10.8. The number of ketones is 1. The first kappa shape index (κ1) is 11.0. The molecule has 1 rings (SSSR count). The second-order valence-corrected chi connectivity index (χ2v) is 4.03. The molecule has 3 heteroatoms. The Hall–Kier alpha value is -1.09. The molecule has 0 amide bonds. The van der Waals surface area contributed by atoms with Crippen molar-refractivity contribution in [2.24, 2.45) is 5.41 Å². The minimum atomic E-state index is -1.05. The van der Waals surface area contributed by atoms with Crippen LogP contribution in [-0.4, -0.2) is 10.9 Å². The van der Waals surface area contributed by atoms with E-state index < -0.39 is 10.5 Å². The molecule has 0 aliphatic carbocycles. The van der Waals surface area contributed by atoms with E-state index in [1.54, 1.807) is 38.1 Å². The van der Waals surface area contributed by atoms with Gasteiger partial charge >= 0.3 is 0 Å². The molecule has 0 bridgehead atoms. The van der Waals surface area contributed by atoms with E-state index in [0.717, 1.165) is 0 Å². The van der Waals surface area contributed by atoms with Gasteiger partial charge in [-0.25, -0.2) is 0 Å². The molecule has 0 saturated heterocycles. The van der Waals surface area contributed by atoms with Gasteiger partial charge in [0.2, 0.25) is 0 Å². The molecule has 14 heavy (non-hydrogen) atoms. The lowest BCUT2D eigenvalue weighted by atomic mass is 9.85. The van der Waals surface area contributed by atoms with Gasteiger partial charge in [-0.2, -0.15) is 0 Å². The number of benzene rings is 1. The lowest BCUT2D eigenvalue weighted by Gasteiger charge is -2.18. The Morgan fingerprint density at radius 1 is 1.14 bits per heavy atom. The van der Waals surface area contributed by atoms with Crippen LogP contribution in [0.5, 0.6) is 0 Å². The summed E-state index contributed by atoms with van der Waals surface area (Å²) in [6.45, 7) is 3.16. The highest BCUT2D eigenvalue weighted by Gasteiger charge is 2.34. The molecule has 0 radical (unpaired) electrons. The summed E-state index contributed by atoms with van der Waals surface area (Å²) in [6.07, 6.45) is 0. The summed E-state index contributed by atoms with van der Waals surface area (Å²) in [7, 11) is 0. The van der Waals surface area contributed by atoms with Crippen LogP contribution in [0.4, 0.5) is 0 Å². The molecule has 0 aliphatic rings. The van der Waals surface area contributed by atoms with E-state index in [-0.39, 0.29) is 5.78 Å². The van der Waals surface area contributed by atoms with Crippen LogP contribution in [0.15, 0.2) is 30.3 Å². The largest absolute Gasteiger partial charge is 0.293 e. The minimum Gasteiger partial charge on any atom is -0.293 e. The maximum atomic E-state index is 11.8. The molecule has 0 fully saturated rings. The van der Waals surface area contributed by atoms with Gasteiger partial charge in [0.1, 0.15) is 0 Å². The fraction of sp³-hybridized carbons (Fsp3) is 0.273. The number of hydrogen-bond donors (Lipinski definition) is 1. The molecule has 0 spiro atoms. The van der Waals surface area contributed by atoms with Crippen LogP contribution in [0.3, 0.4) is 0 Å². The first-order valence-electron chi connectivity index (χ1n) is 4.29. The normalized spacial score (nSPS) is 11.1. The molecule has 0 atom stereocenters. The molecule has 0 aromatic heterocycles. The van der Waals surface area contributed by atoms with E-state index in [2.05, 4.69) is 12.6 Å². The predicted molar refractivity (Wildman–Crippen MR) is 58.5 cm³/mol. The van der Waals surface area contributed by atoms with Crippen LogP contribution < -0.4 is 0 Å². The number of rotatable bonds is 3. The first-order valence-corrected chi connectivity index (χ1v) is 4.74. The summed E-state index contributed by atoms with van der Waals surface area (Å²) in [6, 6.07) is 8.76. The van der Waals surface area contributed by atoms with E-state index in [1.807, 2.05) is 6.07 Å². The third-order valence-corrected chi connectivity index (χ3v) is 2.70. The van der Waals surface area contributed by atoms with E-state index in [4.69, 9.17) is 0 Å². The van der Waals surface area contributed by atoms with Crippen molar-refractivity contribution in [1.82, 2.24) is 0 Å². The summed E-state index contributed by atoms with van der Waals surface area (Å²) < 4.78 is 0. The maximum absolute atomic E-state index is 11.8. The van der Waals surface area contributed by atoms with Gasteiger partial charge in [-0.3, -0.25) is 9.59 Å². The second kappa shape index (κ2) is 3.96. The molecule has 74 valence electrons. The van der Waals surface area contributed by atoms with Gasteiger partial charge in [0.25, 0.3) is 0 Å². The zero-order valence-electron chi connectivity index (χ0n) is 8.15.